The van der Waals surface area contributed by atoms with E-state index in [9.17, 15) is 4.79 Å². The molecule has 27 heavy (non-hydrogen) atoms. The minimum Gasteiger partial charge on any atom is -0.493 e. The highest BCUT2D eigenvalue weighted by atomic mass is 16.5. The molecule has 6 nitrogen and oxygen atoms in total. The van der Waals surface area contributed by atoms with Gasteiger partial charge in [0.2, 0.25) is 5.91 Å². The molecule has 0 saturated carbocycles. The van der Waals surface area contributed by atoms with Crippen molar-refractivity contribution in [2.24, 2.45) is 5.10 Å². The standard InChI is InChI=1S/C21H24N2O4/c1-5-27-19-9-7-6-8-16(19)17-13-18(23(22-17)14(2)24)15-10-11-20(25-3)21(12-15)26-4/h6-12,18H,5,13H2,1-4H3. The van der Waals surface area contributed by atoms with E-state index in [2.05, 4.69) is 5.10 Å². The first-order valence-corrected chi connectivity index (χ1v) is 8.90. The zero-order valence-electron chi connectivity index (χ0n) is 16.1. The van der Waals surface area contributed by atoms with Crippen LogP contribution in [0.4, 0.5) is 0 Å². The number of amides is 1. The Labute approximate surface area is 159 Å². The van der Waals surface area contributed by atoms with Crippen molar-refractivity contribution in [2.45, 2.75) is 26.3 Å². The molecule has 3 rings (SSSR count). The van der Waals surface area contributed by atoms with E-state index in [-0.39, 0.29) is 11.9 Å². The molecule has 0 N–H and O–H groups in total. The number of carbonyl (C=O) groups excluding carboxylic acids is 1. The predicted molar refractivity (Wildman–Crippen MR) is 104 cm³/mol. The van der Waals surface area contributed by atoms with Crippen molar-refractivity contribution in [3.05, 3.63) is 53.6 Å². The molecule has 2 aromatic carbocycles. The van der Waals surface area contributed by atoms with Gasteiger partial charge in [0.15, 0.2) is 11.5 Å². The summed E-state index contributed by atoms with van der Waals surface area (Å²) in [6.45, 7) is 4.04. The second-order valence-corrected chi connectivity index (χ2v) is 6.17. The quantitative estimate of drug-likeness (QED) is 0.778. The maximum atomic E-state index is 12.2. The van der Waals surface area contributed by atoms with Crippen LogP contribution < -0.4 is 14.2 Å². The van der Waals surface area contributed by atoms with Gasteiger partial charge in [-0.2, -0.15) is 5.10 Å². The minimum absolute atomic E-state index is 0.112. The van der Waals surface area contributed by atoms with E-state index in [1.807, 2.05) is 49.4 Å². The lowest BCUT2D eigenvalue weighted by Gasteiger charge is -2.21. The van der Waals surface area contributed by atoms with Gasteiger partial charge >= 0.3 is 0 Å². The van der Waals surface area contributed by atoms with E-state index < -0.39 is 0 Å². The van der Waals surface area contributed by atoms with Crippen LogP contribution in [0.5, 0.6) is 17.2 Å². The van der Waals surface area contributed by atoms with Crippen LogP contribution in [-0.4, -0.2) is 37.5 Å². The molecule has 142 valence electrons. The van der Waals surface area contributed by atoms with E-state index in [4.69, 9.17) is 14.2 Å². The fourth-order valence-electron chi connectivity index (χ4n) is 3.27. The summed E-state index contributed by atoms with van der Waals surface area (Å²) in [6.07, 6.45) is 0.596. The van der Waals surface area contributed by atoms with Crippen LogP contribution in [0, 0.1) is 0 Å². The zero-order valence-corrected chi connectivity index (χ0v) is 16.1. The second-order valence-electron chi connectivity index (χ2n) is 6.17. The van der Waals surface area contributed by atoms with Crippen molar-refractivity contribution in [2.75, 3.05) is 20.8 Å². The Hall–Kier alpha value is -3.02. The number of para-hydroxylation sites is 1. The van der Waals surface area contributed by atoms with E-state index in [0.29, 0.717) is 24.5 Å². The Bertz CT molecular complexity index is 863. The number of rotatable bonds is 6. The minimum atomic E-state index is -0.202. The zero-order chi connectivity index (χ0) is 19.4. The molecule has 1 unspecified atom stereocenters. The maximum absolute atomic E-state index is 12.2. The van der Waals surface area contributed by atoms with Crippen molar-refractivity contribution in [1.82, 2.24) is 5.01 Å². The Kier molecular flexibility index (Phi) is 5.64. The van der Waals surface area contributed by atoms with E-state index in [0.717, 1.165) is 22.6 Å². The van der Waals surface area contributed by atoms with Crippen LogP contribution in [0.25, 0.3) is 0 Å². The summed E-state index contributed by atoms with van der Waals surface area (Å²) in [6, 6.07) is 13.2. The third kappa shape index (κ3) is 3.74. The molecule has 1 aliphatic heterocycles. The lowest BCUT2D eigenvalue weighted by Crippen LogP contribution is -2.24. The largest absolute Gasteiger partial charge is 0.493 e. The molecule has 0 bridgehead atoms. The lowest BCUT2D eigenvalue weighted by molar-refractivity contribution is -0.130. The average Bonchev–Trinajstić information content (AvgIpc) is 3.13. The molecule has 1 atom stereocenters. The molecular formula is C21H24N2O4. The van der Waals surface area contributed by atoms with Crippen molar-refractivity contribution >= 4 is 11.6 Å². The monoisotopic (exact) mass is 368 g/mol. The third-order valence-electron chi connectivity index (χ3n) is 4.52. The summed E-state index contributed by atoms with van der Waals surface area (Å²) in [5.74, 6) is 1.94. The molecule has 1 heterocycles. The number of hydrogen-bond donors (Lipinski definition) is 0. The summed E-state index contributed by atoms with van der Waals surface area (Å²) in [4.78, 5) is 12.2. The van der Waals surface area contributed by atoms with Crippen LogP contribution >= 0.6 is 0 Å². The predicted octanol–water partition coefficient (Wildman–Crippen LogP) is 3.80. The summed E-state index contributed by atoms with van der Waals surface area (Å²) in [5.41, 5.74) is 2.68. The molecule has 6 heteroatoms. The topological polar surface area (TPSA) is 60.4 Å². The molecule has 0 saturated heterocycles. The number of hydrazone groups is 1. The Morgan fingerprint density at radius 2 is 1.85 bits per heavy atom. The summed E-state index contributed by atoms with van der Waals surface area (Å²) in [7, 11) is 3.19. The highest BCUT2D eigenvalue weighted by Crippen LogP contribution is 2.38. The van der Waals surface area contributed by atoms with E-state index in [1.165, 1.54) is 11.9 Å². The van der Waals surface area contributed by atoms with Gasteiger partial charge in [-0.05, 0) is 36.8 Å². The summed E-state index contributed by atoms with van der Waals surface area (Å²) in [5, 5.41) is 6.13. The van der Waals surface area contributed by atoms with E-state index >= 15 is 0 Å². The van der Waals surface area contributed by atoms with Gasteiger partial charge in [-0.1, -0.05) is 18.2 Å². The molecule has 0 aliphatic carbocycles. The molecular weight excluding hydrogens is 344 g/mol. The maximum Gasteiger partial charge on any atom is 0.240 e. The number of nitrogens with zero attached hydrogens (tertiary/aromatic N) is 2. The molecule has 0 radical (unpaired) electrons. The lowest BCUT2D eigenvalue weighted by atomic mass is 9.97. The Balaban J connectivity index is 1.97. The molecule has 2 aromatic rings. The molecule has 1 aliphatic rings. The summed E-state index contributed by atoms with van der Waals surface area (Å²) >= 11 is 0. The van der Waals surface area contributed by atoms with Crippen LogP contribution in [-0.2, 0) is 4.79 Å². The van der Waals surface area contributed by atoms with Crippen molar-refractivity contribution in [1.29, 1.82) is 0 Å². The van der Waals surface area contributed by atoms with Gasteiger partial charge in [-0.25, -0.2) is 5.01 Å². The first-order chi connectivity index (χ1) is 13.1. The number of benzene rings is 2. The first kappa shape index (κ1) is 18.8. The highest BCUT2D eigenvalue weighted by Gasteiger charge is 2.32. The van der Waals surface area contributed by atoms with Gasteiger partial charge in [0.1, 0.15) is 5.75 Å². The number of hydrogen-bond acceptors (Lipinski definition) is 5. The summed E-state index contributed by atoms with van der Waals surface area (Å²) < 4.78 is 16.5. The van der Waals surface area contributed by atoms with Gasteiger partial charge in [-0.15, -0.1) is 0 Å². The van der Waals surface area contributed by atoms with Crippen LogP contribution in [0.2, 0.25) is 0 Å². The highest BCUT2D eigenvalue weighted by molar-refractivity contribution is 6.05. The Morgan fingerprint density at radius 1 is 1.11 bits per heavy atom. The second kappa shape index (κ2) is 8.12. The number of methoxy groups -OCH3 is 2. The van der Waals surface area contributed by atoms with Gasteiger partial charge in [0, 0.05) is 18.9 Å². The molecule has 0 spiro atoms. The fraction of sp³-hybridized carbons (Fsp3) is 0.333. The fourth-order valence-corrected chi connectivity index (χ4v) is 3.27. The van der Waals surface area contributed by atoms with E-state index in [1.54, 1.807) is 14.2 Å². The van der Waals surface area contributed by atoms with Crippen molar-refractivity contribution in [3.63, 3.8) is 0 Å². The van der Waals surface area contributed by atoms with Gasteiger partial charge in [0.05, 0.1) is 32.6 Å². The molecule has 1 amide bonds. The normalized spacial score (nSPS) is 16.1. The van der Waals surface area contributed by atoms with Gasteiger partial charge in [0.25, 0.3) is 0 Å². The van der Waals surface area contributed by atoms with Crippen LogP contribution in [0.3, 0.4) is 0 Å². The van der Waals surface area contributed by atoms with Crippen LogP contribution in [0.1, 0.15) is 37.4 Å². The number of ether oxygens (including phenoxy) is 3. The van der Waals surface area contributed by atoms with Gasteiger partial charge in [-0.3, -0.25) is 4.79 Å². The first-order valence-electron chi connectivity index (χ1n) is 8.90. The van der Waals surface area contributed by atoms with Crippen molar-refractivity contribution < 1.29 is 19.0 Å². The average molecular weight is 368 g/mol. The third-order valence-corrected chi connectivity index (χ3v) is 4.52. The van der Waals surface area contributed by atoms with Gasteiger partial charge < -0.3 is 14.2 Å². The number of carbonyl (C=O) groups is 1. The molecule has 0 aromatic heterocycles. The smallest absolute Gasteiger partial charge is 0.240 e. The SMILES string of the molecule is CCOc1ccccc1C1=NN(C(C)=O)C(c2ccc(OC)c(OC)c2)C1. The van der Waals surface area contributed by atoms with Crippen molar-refractivity contribution in [3.8, 4) is 17.2 Å². The molecule has 0 fully saturated rings. The van der Waals surface area contributed by atoms with Crippen LogP contribution in [0.15, 0.2) is 47.6 Å². The Morgan fingerprint density at radius 3 is 2.52 bits per heavy atom.